The van der Waals surface area contributed by atoms with E-state index in [-0.39, 0.29) is 35.9 Å². The van der Waals surface area contributed by atoms with Gasteiger partial charge in [-0.15, -0.1) is 16.8 Å². The first kappa shape index (κ1) is 21.4. The van der Waals surface area contributed by atoms with Crippen molar-refractivity contribution in [2.75, 3.05) is 5.75 Å². The molecule has 0 aliphatic carbocycles. The summed E-state index contributed by atoms with van der Waals surface area (Å²) in [5.41, 5.74) is 1.04. The Hall–Kier alpha value is -3.33. The number of carbonyl (C=O) groups is 2. The Morgan fingerprint density at radius 3 is 2.73 bits per heavy atom. The van der Waals surface area contributed by atoms with E-state index in [0.717, 1.165) is 5.56 Å². The second kappa shape index (κ2) is 10.4. The van der Waals surface area contributed by atoms with Gasteiger partial charge in [0.15, 0.2) is 16.7 Å². The Morgan fingerprint density at radius 1 is 1.23 bits per heavy atom. The summed E-state index contributed by atoms with van der Waals surface area (Å²) in [5, 5.41) is 14.6. The van der Waals surface area contributed by atoms with Crippen molar-refractivity contribution < 1.29 is 14.0 Å². The fraction of sp³-hybridized carbons (Fsp3) is 0.238. The largest absolute Gasteiger partial charge is 0.459 e. The smallest absolute Gasteiger partial charge is 0.287 e. The molecule has 2 amide bonds. The van der Waals surface area contributed by atoms with E-state index >= 15 is 0 Å². The molecule has 9 heteroatoms. The fourth-order valence-electron chi connectivity index (χ4n) is 2.76. The first-order valence-electron chi connectivity index (χ1n) is 9.40. The second-order valence-electron chi connectivity index (χ2n) is 6.45. The summed E-state index contributed by atoms with van der Waals surface area (Å²) >= 11 is 1.28. The Morgan fingerprint density at radius 2 is 2.03 bits per heavy atom. The van der Waals surface area contributed by atoms with Gasteiger partial charge in [-0.25, -0.2) is 0 Å². The third kappa shape index (κ3) is 5.60. The standard InChI is InChI=1S/C21H23N5O3S/c1-3-11-26-18(13-22-20(28)17-10-7-12-29-17)24-25-21(26)30-14-19(27)23-15(2)16-8-5-4-6-9-16/h3-10,12,15H,1,11,13-14H2,2H3,(H,22,28)(H,23,27). The van der Waals surface area contributed by atoms with Gasteiger partial charge in [0.25, 0.3) is 5.91 Å². The van der Waals surface area contributed by atoms with Crippen molar-refractivity contribution >= 4 is 23.6 Å². The summed E-state index contributed by atoms with van der Waals surface area (Å²) in [6.07, 6.45) is 3.15. The highest BCUT2D eigenvalue weighted by atomic mass is 32.2. The van der Waals surface area contributed by atoms with Gasteiger partial charge in [0.05, 0.1) is 24.6 Å². The highest BCUT2D eigenvalue weighted by Crippen LogP contribution is 2.18. The maximum atomic E-state index is 12.3. The number of allylic oxidation sites excluding steroid dienone is 1. The second-order valence-corrected chi connectivity index (χ2v) is 7.39. The van der Waals surface area contributed by atoms with Gasteiger partial charge in [-0.3, -0.25) is 9.59 Å². The average Bonchev–Trinajstić information content (AvgIpc) is 3.42. The molecule has 1 unspecified atom stereocenters. The molecule has 0 bridgehead atoms. The topological polar surface area (TPSA) is 102 Å². The lowest BCUT2D eigenvalue weighted by Crippen LogP contribution is -2.28. The highest BCUT2D eigenvalue weighted by molar-refractivity contribution is 7.99. The van der Waals surface area contributed by atoms with Gasteiger partial charge in [-0.1, -0.05) is 48.2 Å². The van der Waals surface area contributed by atoms with Gasteiger partial charge in [0, 0.05) is 6.54 Å². The van der Waals surface area contributed by atoms with Gasteiger partial charge in [-0.05, 0) is 24.6 Å². The molecule has 0 radical (unpaired) electrons. The van der Waals surface area contributed by atoms with Crippen molar-refractivity contribution in [2.24, 2.45) is 0 Å². The lowest BCUT2D eigenvalue weighted by atomic mass is 10.1. The third-order valence-electron chi connectivity index (χ3n) is 4.27. The zero-order valence-electron chi connectivity index (χ0n) is 16.6. The van der Waals surface area contributed by atoms with Crippen molar-refractivity contribution in [3.8, 4) is 0 Å². The minimum absolute atomic E-state index is 0.0854. The number of aromatic nitrogens is 3. The van der Waals surface area contributed by atoms with Gasteiger partial charge in [-0.2, -0.15) is 0 Å². The van der Waals surface area contributed by atoms with Crippen LogP contribution in [0, 0.1) is 0 Å². The predicted octanol–water partition coefficient (Wildman–Crippen LogP) is 2.96. The molecular weight excluding hydrogens is 402 g/mol. The molecule has 0 spiro atoms. The van der Waals surface area contributed by atoms with E-state index in [9.17, 15) is 9.59 Å². The van der Waals surface area contributed by atoms with Crippen molar-refractivity contribution in [1.29, 1.82) is 0 Å². The number of hydrogen-bond donors (Lipinski definition) is 2. The molecule has 0 saturated heterocycles. The molecule has 1 atom stereocenters. The van der Waals surface area contributed by atoms with Crippen molar-refractivity contribution in [2.45, 2.75) is 31.2 Å². The monoisotopic (exact) mass is 425 g/mol. The number of nitrogens with zero attached hydrogens (tertiary/aromatic N) is 3. The summed E-state index contributed by atoms with van der Waals surface area (Å²) in [4.78, 5) is 24.4. The molecule has 2 aromatic heterocycles. The van der Waals surface area contributed by atoms with Gasteiger partial charge in [0.2, 0.25) is 5.91 Å². The molecule has 2 heterocycles. The van der Waals surface area contributed by atoms with Crippen LogP contribution in [0.5, 0.6) is 0 Å². The maximum absolute atomic E-state index is 12.3. The van der Waals surface area contributed by atoms with E-state index in [1.54, 1.807) is 18.2 Å². The van der Waals surface area contributed by atoms with Crippen LogP contribution in [0.15, 0.2) is 71.0 Å². The van der Waals surface area contributed by atoms with E-state index in [1.807, 2.05) is 41.8 Å². The predicted molar refractivity (Wildman–Crippen MR) is 114 cm³/mol. The number of carbonyl (C=O) groups excluding carboxylic acids is 2. The summed E-state index contributed by atoms with van der Waals surface area (Å²) in [6.45, 7) is 6.34. The van der Waals surface area contributed by atoms with E-state index in [0.29, 0.717) is 17.5 Å². The number of rotatable bonds is 10. The third-order valence-corrected chi connectivity index (χ3v) is 5.23. The molecule has 3 rings (SSSR count). The van der Waals surface area contributed by atoms with Crippen LogP contribution in [0.2, 0.25) is 0 Å². The Kier molecular flexibility index (Phi) is 7.45. The van der Waals surface area contributed by atoms with E-state index < -0.39 is 0 Å². The highest BCUT2D eigenvalue weighted by Gasteiger charge is 2.16. The Balaban J connectivity index is 1.57. The summed E-state index contributed by atoms with van der Waals surface area (Å²) in [7, 11) is 0. The van der Waals surface area contributed by atoms with Crippen molar-refractivity contribution in [3.05, 3.63) is 78.5 Å². The van der Waals surface area contributed by atoms with Crippen LogP contribution in [-0.4, -0.2) is 32.3 Å². The molecule has 3 aromatic rings. The molecular formula is C21H23N5O3S. The van der Waals surface area contributed by atoms with Crippen molar-refractivity contribution in [3.63, 3.8) is 0 Å². The number of thioether (sulfide) groups is 1. The van der Waals surface area contributed by atoms with Gasteiger partial charge >= 0.3 is 0 Å². The molecule has 30 heavy (non-hydrogen) atoms. The molecule has 1 aromatic carbocycles. The SMILES string of the molecule is C=CCn1c(CNC(=O)c2ccco2)nnc1SCC(=O)NC(C)c1ccccc1. The lowest BCUT2D eigenvalue weighted by molar-refractivity contribution is -0.119. The first-order valence-corrected chi connectivity index (χ1v) is 10.4. The van der Waals surface area contributed by atoms with Crippen LogP contribution in [0.4, 0.5) is 0 Å². The lowest BCUT2D eigenvalue weighted by Gasteiger charge is -2.14. The molecule has 8 nitrogen and oxygen atoms in total. The number of benzene rings is 1. The summed E-state index contributed by atoms with van der Waals surface area (Å²) in [6, 6.07) is 12.9. The molecule has 0 aliphatic heterocycles. The number of furan rings is 1. The number of hydrogen-bond acceptors (Lipinski definition) is 6. The quantitative estimate of drug-likeness (QED) is 0.382. The van der Waals surface area contributed by atoms with Crippen LogP contribution in [0.25, 0.3) is 0 Å². The van der Waals surface area contributed by atoms with E-state index in [4.69, 9.17) is 4.42 Å². The van der Waals surface area contributed by atoms with Crippen LogP contribution < -0.4 is 10.6 Å². The van der Waals surface area contributed by atoms with Gasteiger partial charge < -0.3 is 19.6 Å². The maximum Gasteiger partial charge on any atom is 0.287 e. The van der Waals surface area contributed by atoms with Crippen LogP contribution in [-0.2, 0) is 17.9 Å². The minimum Gasteiger partial charge on any atom is -0.459 e. The summed E-state index contributed by atoms with van der Waals surface area (Å²) in [5.74, 6) is 0.554. The minimum atomic E-state index is -0.336. The van der Waals surface area contributed by atoms with E-state index in [1.165, 1.54) is 18.0 Å². The molecule has 0 saturated carbocycles. The molecule has 2 N–H and O–H groups in total. The number of amides is 2. The van der Waals surface area contributed by atoms with Crippen LogP contribution >= 0.6 is 11.8 Å². The first-order chi connectivity index (χ1) is 14.6. The molecule has 0 fully saturated rings. The van der Waals surface area contributed by atoms with E-state index in [2.05, 4.69) is 27.4 Å². The zero-order valence-corrected chi connectivity index (χ0v) is 17.4. The Bertz CT molecular complexity index is 986. The van der Waals surface area contributed by atoms with Crippen LogP contribution in [0.1, 0.15) is 34.9 Å². The average molecular weight is 426 g/mol. The number of nitrogens with one attached hydrogen (secondary N) is 2. The zero-order chi connectivity index (χ0) is 21.3. The van der Waals surface area contributed by atoms with Crippen molar-refractivity contribution in [1.82, 2.24) is 25.4 Å². The van der Waals surface area contributed by atoms with Crippen LogP contribution in [0.3, 0.4) is 0 Å². The fourth-order valence-corrected chi connectivity index (χ4v) is 3.54. The molecule has 156 valence electrons. The molecule has 0 aliphatic rings. The Labute approximate surface area is 178 Å². The van der Waals surface area contributed by atoms with Gasteiger partial charge in [0.1, 0.15) is 0 Å². The summed E-state index contributed by atoms with van der Waals surface area (Å²) < 4.78 is 6.89. The normalized spacial score (nSPS) is 11.6.